The summed E-state index contributed by atoms with van der Waals surface area (Å²) in [5, 5.41) is 7.36. The third-order valence-electron chi connectivity index (χ3n) is 1.93. The smallest absolute Gasteiger partial charge is 0.171 e. The molecule has 0 radical (unpaired) electrons. The lowest BCUT2D eigenvalue weighted by molar-refractivity contribution is 0.164. The average Bonchev–Trinajstić information content (AvgIpc) is 2.42. The Kier molecular flexibility index (Phi) is 3.76. The van der Waals surface area contributed by atoms with Gasteiger partial charge in [-0.25, -0.2) is 0 Å². The number of ether oxygens (including phenoxy) is 1. The van der Waals surface area contributed by atoms with Crippen molar-refractivity contribution in [3.05, 3.63) is 6.20 Å². The van der Waals surface area contributed by atoms with Crippen LogP contribution in [0.3, 0.4) is 0 Å². The minimum Gasteiger partial charge on any atom is -0.394 e. The molecule has 0 amide bonds. The second kappa shape index (κ2) is 4.85. The van der Waals surface area contributed by atoms with Gasteiger partial charge >= 0.3 is 0 Å². The highest BCUT2D eigenvalue weighted by Crippen LogP contribution is 2.14. The Bertz CT molecular complexity index is 284. The van der Waals surface area contributed by atoms with Gasteiger partial charge in [0.2, 0.25) is 0 Å². The molecular weight excluding hydrogens is 180 g/mol. The number of methoxy groups -OCH3 is 1. The van der Waals surface area contributed by atoms with Crippen molar-refractivity contribution in [3.63, 3.8) is 0 Å². The highest BCUT2D eigenvalue weighted by Gasteiger charge is 2.05. The van der Waals surface area contributed by atoms with E-state index in [-0.39, 0.29) is 0 Å². The summed E-state index contributed by atoms with van der Waals surface area (Å²) in [6.07, 6.45) is 1.78. The predicted octanol–water partition coefficient (Wildman–Crippen LogP) is 0.697. The van der Waals surface area contributed by atoms with Crippen LogP contribution >= 0.6 is 0 Å². The van der Waals surface area contributed by atoms with Gasteiger partial charge < -0.3 is 15.8 Å². The van der Waals surface area contributed by atoms with E-state index < -0.39 is 0 Å². The van der Waals surface area contributed by atoms with E-state index in [2.05, 4.69) is 17.3 Å². The Morgan fingerprint density at radius 1 is 1.71 bits per heavy atom. The van der Waals surface area contributed by atoms with Crippen LogP contribution in [0.25, 0.3) is 0 Å². The van der Waals surface area contributed by atoms with Crippen LogP contribution in [0.1, 0.15) is 6.92 Å². The molecule has 0 aromatic carbocycles. The van der Waals surface area contributed by atoms with E-state index in [0.29, 0.717) is 11.6 Å². The maximum Gasteiger partial charge on any atom is 0.171 e. The van der Waals surface area contributed by atoms with Crippen molar-refractivity contribution in [1.82, 2.24) is 9.78 Å². The fraction of sp³-hybridized carbons (Fsp3) is 0.667. The lowest BCUT2D eigenvalue weighted by Gasteiger charge is -2.10. The van der Waals surface area contributed by atoms with Crippen LogP contribution in [-0.2, 0) is 11.8 Å². The number of nitrogen functional groups attached to an aromatic ring is 1. The molecule has 1 rings (SSSR count). The molecule has 1 heterocycles. The number of nitrogens with two attached hydrogens (primary N) is 1. The second-order valence-electron chi connectivity index (χ2n) is 3.55. The van der Waals surface area contributed by atoms with Crippen LogP contribution in [0.2, 0.25) is 0 Å². The standard InChI is InChI=1S/C9H18N4O/c1-7(6-14-3)4-11-9-8(10)5-13(2)12-9/h5,7H,4,6,10H2,1-3H3,(H,11,12). The fourth-order valence-corrected chi connectivity index (χ4v) is 1.26. The van der Waals surface area contributed by atoms with Gasteiger partial charge in [-0.3, -0.25) is 4.68 Å². The maximum absolute atomic E-state index is 5.72. The summed E-state index contributed by atoms with van der Waals surface area (Å²) in [5.74, 6) is 1.19. The van der Waals surface area contributed by atoms with Gasteiger partial charge in [0.15, 0.2) is 5.82 Å². The second-order valence-corrected chi connectivity index (χ2v) is 3.55. The van der Waals surface area contributed by atoms with Crippen molar-refractivity contribution in [3.8, 4) is 0 Å². The molecular formula is C9H18N4O. The van der Waals surface area contributed by atoms with Crippen LogP contribution in [0.5, 0.6) is 0 Å². The normalized spacial score (nSPS) is 12.8. The summed E-state index contributed by atoms with van der Waals surface area (Å²) in [5.41, 5.74) is 6.40. The zero-order valence-electron chi connectivity index (χ0n) is 8.95. The lowest BCUT2D eigenvalue weighted by Crippen LogP contribution is -2.16. The zero-order chi connectivity index (χ0) is 10.6. The summed E-state index contributed by atoms with van der Waals surface area (Å²) in [4.78, 5) is 0. The highest BCUT2D eigenvalue weighted by molar-refractivity contribution is 5.59. The first-order chi connectivity index (χ1) is 6.63. The zero-order valence-corrected chi connectivity index (χ0v) is 8.95. The molecule has 0 saturated heterocycles. The number of nitrogens with zero attached hydrogens (tertiary/aromatic N) is 2. The molecule has 3 N–H and O–H groups in total. The van der Waals surface area contributed by atoms with E-state index in [0.717, 1.165) is 19.0 Å². The summed E-state index contributed by atoms with van der Waals surface area (Å²) in [6, 6.07) is 0. The van der Waals surface area contributed by atoms with Crippen molar-refractivity contribution in [1.29, 1.82) is 0 Å². The van der Waals surface area contributed by atoms with Crippen LogP contribution in [0.15, 0.2) is 6.20 Å². The Labute approximate surface area is 84.2 Å². The van der Waals surface area contributed by atoms with E-state index in [9.17, 15) is 0 Å². The average molecular weight is 198 g/mol. The number of rotatable bonds is 5. The molecule has 5 heteroatoms. The van der Waals surface area contributed by atoms with Gasteiger partial charge in [-0.05, 0) is 5.92 Å². The van der Waals surface area contributed by atoms with Crippen LogP contribution in [0.4, 0.5) is 11.5 Å². The monoisotopic (exact) mass is 198 g/mol. The molecule has 80 valence electrons. The van der Waals surface area contributed by atoms with Crippen molar-refractivity contribution in [2.75, 3.05) is 31.3 Å². The van der Waals surface area contributed by atoms with Crippen LogP contribution < -0.4 is 11.1 Å². The molecule has 0 fully saturated rings. The van der Waals surface area contributed by atoms with Gasteiger partial charge in [0.05, 0.1) is 12.3 Å². The number of aromatic nitrogens is 2. The molecule has 1 aromatic heterocycles. The fourth-order valence-electron chi connectivity index (χ4n) is 1.26. The first kappa shape index (κ1) is 10.8. The van der Waals surface area contributed by atoms with Crippen molar-refractivity contribution >= 4 is 11.5 Å². The van der Waals surface area contributed by atoms with E-state index >= 15 is 0 Å². The SMILES string of the molecule is COCC(C)CNc1nn(C)cc1N. The van der Waals surface area contributed by atoms with Gasteiger partial charge in [0.25, 0.3) is 0 Å². The van der Waals surface area contributed by atoms with Gasteiger partial charge in [-0.1, -0.05) is 6.92 Å². The van der Waals surface area contributed by atoms with E-state index in [1.54, 1.807) is 18.0 Å². The quantitative estimate of drug-likeness (QED) is 0.731. The van der Waals surface area contributed by atoms with Crippen LogP contribution in [-0.4, -0.2) is 30.0 Å². The van der Waals surface area contributed by atoms with Gasteiger partial charge in [-0.15, -0.1) is 0 Å². The van der Waals surface area contributed by atoms with E-state index in [1.807, 2.05) is 7.05 Å². The molecule has 1 aromatic rings. The predicted molar refractivity (Wildman–Crippen MR) is 57.2 cm³/mol. The van der Waals surface area contributed by atoms with Gasteiger partial charge in [0.1, 0.15) is 0 Å². The maximum atomic E-state index is 5.72. The molecule has 14 heavy (non-hydrogen) atoms. The number of hydrogen-bond acceptors (Lipinski definition) is 4. The molecule has 5 nitrogen and oxygen atoms in total. The third-order valence-corrected chi connectivity index (χ3v) is 1.93. The largest absolute Gasteiger partial charge is 0.394 e. The summed E-state index contributed by atoms with van der Waals surface area (Å²) in [6.45, 7) is 3.66. The Morgan fingerprint density at radius 3 is 2.93 bits per heavy atom. The molecule has 0 aliphatic heterocycles. The number of hydrogen-bond donors (Lipinski definition) is 2. The first-order valence-electron chi connectivity index (χ1n) is 4.65. The Hall–Kier alpha value is -1.23. The summed E-state index contributed by atoms with van der Waals surface area (Å²) < 4.78 is 6.72. The highest BCUT2D eigenvalue weighted by atomic mass is 16.5. The molecule has 0 aliphatic carbocycles. The number of nitrogens with one attached hydrogen (secondary N) is 1. The van der Waals surface area contributed by atoms with E-state index in [4.69, 9.17) is 10.5 Å². The number of anilines is 2. The lowest BCUT2D eigenvalue weighted by atomic mass is 10.2. The summed E-state index contributed by atoms with van der Waals surface area (Å²) in [7, 11) is 3.55. The topological polar surface area (TPSA) is 65.1 Å². The molecule has 1 unspecified atom stereocenters. The van der Waals surface area contributed by atoms with Crippen molar-refractivity contribution in [2.45, 2.75) is 6.92 Å². The number of aryl methyl sites for hydroxylation is 1. The molecule has 0 spiro atoms. The summed E-state index contributed by atoms with van der Waals surface area (Å²) >= 11 is 0. The third kappa shape index (κ3) is 2.92. The van der Waals surface area contributed by atoms with E-state index in [1.165, 1.54) is 0 Å². The molecule has 1 atom stereocenters. The molecule has 0 bridgehead atoms. The van der Waals surface area contributed by atoms with Crippen LogP contribution in [0, 0.1) is 5.92 Å². The first-order valence-corrected chi connectivity index (χ1v) is 4.65. The minimum atomic E-state index is 0.446. The van der Waals surface area contributed by atoms with Crippen molar-refractivity contribution < 1.29 is 4.74 Å². The van der Waals surface area contributed by atoms with Gasteiger partial charge in [0, 0.05) is 26.9 Å². The van der Waals surface area contributed by atoms with Crippen molar-refractivity contribution in [2.24, 2.45) is 13.0 Å². The Balaban J connectivity index is 2.41. The molecule has 0 saturated carbocycles. The Morgan fingerprint density at radius 2 is 2.43 bits per heavy atom. The van der Waals surface area contributed by atoms with Gasteiger partial charge in [-0.2, -0.15) is 5.10 Å². The molecule has 0 aliphatic rings. The minimum absolute atomic E-state index is 0.446.